The third-order valence-electron chi connectivity index (χ3n) is 3.61. The van der Waals surface area contributed by atoms with Crippen molar-refractivity contribution in [2.24, 2.45) is 5.73 Å². The van der Waals surface area contributed by atoms with Crippen LogP contribution in [0.4, 0.5) is 0 Å². The van der Waals surface area contributed by atoms with Crippen LogP contribution in [0.1, 0.15) is 41.7 Å². The summed E-state index contributed by atoms with van der Waals surface area (Å²) in [5.74, 6) is 0.0328. The number of amides is 1. The molecule has 1 aliphatic rings. The zero-order valence-corrected chi connectivity index (χ0v) is 10.9. The molecule has 1 fully saturated rings. The van der Waals surface area contributed by atoms with Crippen molar-refractivity contribution in [2.75, 3.05) is 13.1 Å². The van der Waals surface area contributed by atoms with Gasteiger partial charge in [0.2, 0.25) is 0 Å². The zero-order chi connectivity index (χ0) is 13.0. The summed E-state index contributed by atoms with van der Waals surface area (Å²) < 4.78 is 0. The first-order chi connectivity index (χ1) is 8.74. The molecule has 0 spiro atoms. The fourth-order valence-electron chi connectivity index (χ4n) is 2.65. The van der Waals surface area contributed by atoms with Crippen molar-refractivity contribution in [3.63, 3.8) is 0 Å². The number of carbonyl (C=O) groups is 1. The average Bonchev–Trinajstić information content (AvgIpc) is 2.89. The molecule has 18 heavy (non-hydrogen) atoms. The van der Waals surface area contributed by atoms with E-state index < -0.39 is 0 Å². The van der Waals surface area contributed by atoms with Crippen LogP contribution in [0.5, 0.6) is 0 Å². The second-order valence-electron chi connectivity index (χ2n) is 4.89. The summed E-state index contributed by atoms with van der Waals surface area (Å²) in [4.78, 5) is 18.7. The molecule has 1 saturated carbocycles. The first kappa shape index (κ1) is 13.0. The van der Waals surface area contributed by atoms with E-state index in [0.717, 1.165) is 18.4 Å². The largest absolute Gasteiger partial charge is 0.333 e. The quantitative estimate of drug-likeness (QED) is 0.881. The Balaban J connectivity index is 2.20. The van der Waals surface area contributed by atoms with Gasteiger partial charge in [-0.2, -0.15) is 0 Å². The molecule has 1 aromatic rings. The summed E-state index contributed by atoms with van der Waals surface area (Å²) in [7, 11) is 0. The van der Waals surface area contributed by atoms with Gasteiger partial charge in [0.25, 0.3) is 5.91 Å². The van der Waals surface area contributed by atoms with Crippen LogP contribution < -0.4 is 5.73 Å². The van der Waals surface area contributed by atoms with Crippen LogP contribution in [-0.2, 0) is 0 Å². The molecule has 98 valence electrons. The molecular formula is C14H21N3O. The molecular weight excluding hydrogens is 226 g/mol. The molecule has 0 aromatic carbocycles. The maximum Gasteiger partial charge on any atom is 0.273 e. The van der Waals surface area contributed by atoms with Crippen LogP contribution in [0.3, 0.4) is 0 Å². The Bertz CT molecular complexity index is 413. The SMILES string of the molecule is Cc1cccnc1C(=O)N(CCN)C1CCCC1. The monoisotopic (exact) mass is 247 g/mol. The fourth-order valence-corrected chi connectivity index (χ4v) is 2.65. The predicted molar refractivity (Wildman–Crippen MR) is 71.3 cm³/mol. The predicted octanol–water partition coefficient (Wildman–Crippen LogP) is 1.73. The van der Waals surface area contributed by atoms with E-state index in [1.807, 2.05) is 24.0 Å². The Hall–Kier alpha value is -1.42. The van der Waals surface area contributed by atoms with Crippen LogP contribution >= 0.6 is 0 Å². The van der Waals surface area contributed by atoms with Crippen molar-refractivity contribution in [1.29, 1.82) is 0 Å². The van der Waals surface area contributed by atoms with Gasteiger partial charge >= 0.3 is 0 Å². The number of pyridine rings is 1. The lowest BCUT2D eigenvalue weighted by Gasteiger charge is -2.28. The highest BCUT2D eigenvalue weighted by molar-refractivity contribution is 5.93. The minimum Gasteiger partial charge on any atom is -0.333 e. The Labute approximate surface area is 108 Å². The van der Waals surface area contributed by atoms with Crippen molar-refractivity contribution in [1.82, 2.24) is 9.88 Å². The lowest BCUT2D eigenvalue weighted by molar-refractivity contribution is 0.0681. The summed E-state index contributed by atoms with van der Waals surface area (Å²) in [6.45, 7) is 3.06. The highest BCUT2D eigenvalue weighted by atomic mass is 16.2. The van der Waals surface area contributed by atoms with Crippen molar-refractivity contribution < 1.29 is 4.79 Å². The second-order valence-corrected chi connectivity index (χ2v) is 4.89. The van der Waals surface area contributed by atoms with Crippen LogP contribution in [0.2, 0.25) is 0 Å². The molecule has 0 atom stereocenters. The lowest BCUT2D eigenvalue weighted by atomic mass is 10.1. The highest BCUT2D eigenvalue weighted by Crippen LogP contribution is 2.24. The smallest absolute Gasteiger partial charge is 0.273 e. The van der Waals surface area contributed by atoms with Gasteiger partial charge < -0.3 is 10.6 Å². The number of carbonyl (C=O) groups excluding carboxylic acids is 1. The van der Waals surface area contributed by atoms with Crippen molar-refractivity contribution in [3.8, 4) is 0 Å². The summed E-state index contributed by atoms with van der Waals surface area (Å²) in [5, 5.41) is 0. The molecule has 0 saturated heterocycles. The minimum absolute atomic E-state index is 0.0328. The van der Waals surface area contributed by atoms with Crippen LogP contribution in [-0.4, -0.2) is 34.9 Å². The topological polar surface area (TPSA) is 59.2 Å². The molecule has 1 heterocycles. The van der Waals surface area contributed by atoms with Gasteiger partial charge in [-0.15, -0.1) is 0 Å². The minimum atomic E-state index is 0.0328. The Morgan fingerprint density at radius 2 is 2.22 bits per heavy atom. The second kappa shape index (κ2) is 5.96. The fraction of sp³-hybridized carbons (Fsp3) is 0.571. The van der Waals surface area contributed by atoms with Gasteiger partial charge in [0.05, 0.1) is 0 Å². The molecule has 1 aromatic heterocycles. The van der Waals surface area contributed by atoms with E-state index in [2.05, 4.69) is 4.98 Å². The van der Waals surface area contributed by atoms with Gasteiger partial charge in [0.15, 0.2) is 0 Å². The Morgan fingerprint density at radius 1 is 1.50 bits per heavy atom. The third-order valence-corrected chi connectivity index (χ3v) is 3.61. The van der Waals surface area contributed by atoms with E-state index in [-0.39, 0.29) is 5.91 Å². The highest BCUT2D eigenvalue weighted by Gasteiger charge is 2.28. The number of hydrogen-bond acceptors (Lipinski definition) is 3. The first-order valence-corrected chi connectivity index (χ1v) is 6.66. The molecule has 2 rings (SSSR count). The van der Waals surface area contributed by atoms with E-state index in [9.17, 15) is 4.79 Å². The van der Waals surface area contributed by atoms with E-state index in [4.69, 9.17) is 5.73 Å². The van der Waals surface area contributed by atoms with Gasteiger partial charge in [-0.25, -0.2) is 0 Å². The molecule has 0 unspecified atom stereocenters. The molecule has 1 aliphatic carbocycles. The maximum absolute atomic E-state index is 12.6. The normalized spacial score (nSPS) is 15.9. The first-order valence-electron chi connectivity index (χ1n) is 6.66. The number of nitrogens with two attached hydrogens (primary N) is 1. The average molecular weight is 247 g/mol. The van der Waals surface area contributed by atoms with Gasteiger partial charge in [0, 0.05) is 25.3 Å². The molecule has 4 heteroatoms. The summed E-state index contributed by atoms with van der Waals surface area (Å²) in [5.41, 5.74) is 7.14. The van der Waals surface area contributed by atoms with Crippen molar-refractivity contribution >= 4 is 5.91 Å². The number of aromatic nitrogens is 1. The van der Waals surface area contributed by atoms with Gasteiger partial charge in [-0.3, -0.25) is 9.78 Å². The number of hydrogen-bond donors (Lipinski definition) is 1. The lowest BCUT2D eigenvalue weighted by Crippen LogP contribution is -2.42. The molecule has 2 N–H and O–H groups in total. The van der Waals surface area contributed by atoms with E-state index in [0.29, 0.717) is 24.8 Å². The summed E-state index contributed by atoms with van der Waals surface area (Å²) in [6, 6.07) is 4.13. The van der Waals surface area contributed by atoms with E-state index in [1.165, 1.54) is 12.8 Å². The zero-order valence-electron chi connectivity index (χ0n) is 10.9. The molecule has 1 amide bonds. The maximum atomic E-state index is 12.6. The Kier molecular flexibility index (Phi) is 4.31. The summed E-state index contributed by atoms with van der Waals surface area (Å²) in [6.07, 6.45) is 6.28. The molecule has 0 bridgehead atoms. The molecule has 0 radical (unpaired) electrons. The molecule has 0 aliphatic heterocycles. The standard InChI is InChI=1S/C14H21N3O/c1-11-5-4-9-16-13(11)14(18)17(10-8-15)12-6-2-3-7-12/h4-5,9,12H,2-3,6-8,10,15H2,1H3. The van der Waals surface area contributed by atoms with Crippen molar-refractivity contribution in [2.45, 2.75) is 38.6 Å². The van der Waals surface area contributed by atoms with Gasteiger partial charge in [-0.05, 0) is 31.4 Å². The molecule has 4 nitrogen and oxygen atoms in total. The van der Waals surface area contributed by atoms with Crippen LogP contribution in [0.25, 0.3) is 0 Å². The van der Waals surface area contributed by atoms with Gasteiger partial charge in [0.1, 0.15) is 5.69 Å². The number of aryl methyl sites for hydroxylation is 1. The third kappa shape index (κ3) is 2.70. The van der Waals surface area contributed by atoms with E-state index in [1.54, 1.807) is 6.20 Å². The van der Waals surface area contributed by atoms with Gasteiger partial charge in [-0.1, -0.05) is 18.9 Å². The van der Waals surface area contributed by atoms with Crippen molar-refractivity contribution in [3.05, 3.63) is 29.6 Å². The number of rotatable bonds is 4. The summed E-state index contributed by atoms with van der Waals surface area (Å²) >= 11 is 0. The number of nitrogens with zero attached hydrogens (tertiary/aromatic N) is 2. The van der Waals surface area contributed by atoms with E-state index >= 15 is 0 Å². The van der Waals surface area contributed by atoms with Crippen LogP contribution in [0.15, 0.2) is 18.3 Å². The Morgan fingerprint density at radius 3 is 2.83 bits per heavy atom. The van der Waals surface area contributed by atoms with Crippen LogP contribution in [0, 0.1) is 6.92 Å².